The Bertz CT molecular complexity index is 557. The van der Waals surface area contributed by atoms with Crippen molar-refractivity contribution in [3.63, 3.8) is 0 Å². The molecule has 0 spiro atoms. The number of rotatable bonds is 21. The van der Waals surface area contributed by atoms with Crippen LogP contribution in [0.1, 0.15) is 116 Å². The summed E-state index contributed by atoms with van der Waals surface area (Å²) in [6, 6.07) is 0. The molecule has 0 aromatic rings. The lowest BCUT2D eigenvalue weighted by molar-refractivity contribution is -0.805. The van der Waals surface area contributed by atoms with E-state index in [9.17, 15) is 9.90 Å². The summed E-state index contributed by atoms with van der Waals surface area (Å²) in [7, 11) is 0. The van der Waals surface area contributed by atoms with Gasteiger partial charge in [-0.3, -0.25) is 5.73 Å². The molecule has 0 amide bonds. The largest absolute Gasteiger partial charge is 0.477 e. The van der Waals surface area contributed by atoms with Crippen molar-refractivity contribution in [2.24, 2.45) is 10.7 Å². The molecule has 5 heteroatoms. The Labute approximate surface area is 191 Å². The van der Waals surface area contributed by atoms with Gasteiger partial charge in [0.2, 0.25) is 5.84 Å². The molecule has 0 saturated carbocycles. The van der Waals surface area contributed by atoms with Gasteiger partial charge in [0.1, 0.15) is 12.4 Å². The molecular formula is C26H48N3O2+. The van der Waals surface area contributed by atoms with Crippen LogP contribution in [0.3, 0.4) is 0 Å². The van der Waals surface area contributed by atoms with Crippen molar-refractivity contribution in [3.05, 3.63) is 25.1 Å². The Kier molecular flexibility index (Phi) is 15.2. The molecule has 1 rings (SSSR count). The van der Waals surface area contributed by atoms with E-state index < -0.39 is 5.97 Å². The van der Waals surface area contributed by atoms with Gasteiger partial charge in [0.05, 0.1) is 6.20 Å². The fourth-order valence-electron chi connectivity index (χ4n) is 4.46. The zero-order valence-electron chi connectivity index (χ0n) is 20.1. The third kappa shape index (κ3) is 11.6. The average Bonchev–Trinajstić information content (AvgIpc) is 3.13. The van der Waals surface area contributed by atoms with Crippen LogP contribution in [-0.4, -0.2) is 34.1 Å². The number of unbranched alkanes of at least 4 members (excludes halogenated alkanes) is 15. The maximum atomic E-state index is 11.3. The third-order valence-corrected chi connectivity index (χ3v) is 6.47. The number of carboxylic acid groups (broad SMARTS) is 1. The fourth-order valence-corrected chi connectivity index (χ4v) is 4.46. The first-order valence-electron chi connectivity index (χ1n) is 12.7. The van der Waals surface area contributed by atoms with E-state index in [0.29, 0.717) is 0 Å². The highest BCUT2D eigenvalue weighted by molar-refractivity contribution is 5.81. The molecule has 1 aliphatic heterocycles. The molecule has 0 aromatic carbocycles. The van der Waals surface area contributed by atoms with Crippen LogP contribution in [-0.2, 0) is 4.79 Å². The normalized spacial score (nSPS) is 18.8. The molecule has 0 fully saturated rings. The number of aliphatic carboxylic acids is 1. The van der Waals surface area contributed by atoms with Crippen molar-refractivity contribution < 1.29 is 14.4 Å². The summed E-state index contributed by atoms with van der Waals surface area (Å²) < 4.78 is 0.171. The molecule has 0 bridgehead atoms. The number of hydrogen-bond donors (Lipinski definition) is 2. The van der Waals surface area contributed by atoms with E-state index >= 15 is 0 Å². The number of hydrogen-bond acceptors (Lipinski definition) is 3. The van der Waals surface area contributed by atoms with Crippen LogP contribution in [0.2, 0.25) is 0 Å². The minimum atomic E-state index is -0.837. The highest BCUT2D eigenvalue weighted by atomic mass is 16.4. The third-order valence-electron chi connectivity index (χ3n) is 6.47. The molecule has 0 aromatic heterocycles. The van der Waals surface area contributed by atoms with Gasteiger partial charge in [-0.2, -0.15) is 0 Å². The summed E-state index contributed by atoms with van der Waals surface area (Å²) in [4.78, 5) is 15.7. The fraction of sp³-hybridized carbons (Fsp3) is 0.769. The Morgan fingerprint density at radius 2 is 1.42 bits per heavy atom. The molecular weight excluding hydrogens is 386 g/mol. The zero-order valence-corrected chi connectivity index (χ0v) is 20.1. The Morgan fingerprint density at radius 1 is 0.968 bits per heavy atom. The molecule has 0 saturated heterocycles. The summed E-state index contributed by atoms with van der Waals surface area (Å²) in [6.45, 7) is 5.61. The van der Waals surface area contributed by atoms with Gasteiger partial charge in [0, 0.05) is 13.3 Å². The lowest BCUT2D eigenvalue weighted by Crippen LogP contribution is -2.59. The number of carboxylic acids is 1. The summed E-state index contributed by atoms with van der Waals surface area (Å²) >= 11 is 0. The SMILES string of the molecule is C=CCCCCCCCCCCCCCCCCCC1=NC=C[N+]1(CC(=O)O)C(C)N. The van der Waals surface area contributed by atoms with Crippen molar-refractivity contribution in [1.29, 1.82) is 0 Å². The van der Waals surface area contributed by atoms with Crippen molar-refractivity contribution in [1.82, 2.24) is 0 Å². The van der Waals surface area contributed by atoms with Crippen molar-refractivity contribution in [2.45, 2.75) is 122 Å². The number of allylic oxidation sites excluding steroid dienone is 1. The van der Waals surface area contributed by atoms with Gasteiger partial charge in [0.15, 0.2) is 6.54 Å². The smallest absolute Gasteiger partial charge is 0.360 e. The Balaban J connectivity index is 1.95. The van der Waals surface area contributed by atoms with Crippen LogP contribution >= 0.6 is 0 Å². The number of nitrogens with two attached hydrogens (primary N) is 1. The van der Waals surface area contributed by atoms with E-state index in [1.54, 1.807) is 6.20 Å². The predicted octanol–water partition coefficient (Wildman–Crippen LogP) is 6.89. The molecule has 1 aliphatic rings. The molecule has 31 heavy (non-hydrogen) atoms. The van der Waals surface area contributed by atoms with Crippen LogP contribution < -0.4 is 5.73 Å². The minimum Gasteiger partial charge on any atom is -0.477 e. The summed E-state index contributed by atoms with van der Waals surface area (Å²) in [6.07, 6.45) is 27.2. The monoisotopic (exact) mass is 434 g/mol. The molecule has 5 nitrogen and oxygen atoms in total. The molecule has 2 atom stereocenters. The van der Waals surface area contributed by atoms with Gasteiger partial charge in [-0.05, 0) is 19.3 Å². The number of carbonyl (C=O) groups is 1. The van der Waals surface area contributed by atoms with Crippen LogP contribution in [0.5, 0.6) is 0 Å². The lowest BCUT2D eigenvalue weighted by atomic mass is 10.0. The minimum absolute atomic E-state index is 0.0251. The summed E-state index contributed by atoms with van der Waals surface area (Å²) in [5.41, 5.74) is 6.11. The molecule has 178 valence electrons. The van der Waals surface area contributed by atoms with E-state index in [4.69, 9.17) is 5.73 Å². The second-order valence-electron chi connectivity index (χ2n) is 9.20. The summed E-state index contributed by atoms with van der Waals surface area (Å²) in [5, 5.41) is 9.26. The molecule has 1 heterocycles. The van der Waals surface area contributed by atoms with Gasteiger partial charge in [-0.1, -0.05) is 89.5 Å². The van der Waals surface area contributed by atoms with E-state index in [2.05, 4.69) is 11.6 Å². The topological polar surface area (TPSA) is 75.7 Å². The zero-order chi connectivity index (χ0) is 22.8. The molecule has 0 radical (unpaired) electrons. The van der Waals surface area contributed by atoms with Crippen LogP contribution in [0.4, 0.5) is 0 Å². The number of aliphatic imine (C=N–C) groups is 1. The quantitative estimate of drug-likeness (QED) is 0.117. The predicted molar refractivity (Wildman–Crippen MR) is 132 cm³/mol. The van der Waals surface area contributed by atoms with E-state index in [1.165, 1.54) is 96.3 Å². The highest BCUT2D eigenvalue weighted by Crippen LogP contribution is 2.23. The molecule has 2 unspecified atom stereocenters. The number of quaternary nitrogens is 1. The van der Waals surface area contributed by atoms with Crippen molar-refractivity contribution in [3.8, 4) is 0 Å². The lowest BCUT2D eigenvalue weighted by Gasteiger charge is -2.34. The molecule has 0 aliphatic carbocycles. The highest BCUT2D eigenvalue weighted by Gasteiger charge is 2.40. The molecule has 3 N–H and O–H groups in total. The summed E-state index contributed by atoms with van der Waals surface area (Å²) in [5.74, 6) is 0.0602. The Morgan fingerprint density at radius 3 is 1.84 bits per heavy atom. The van der Waals surface area contributed by atoms with Crippen LogP contribution in [0.15, 0.2) is 30.0 Å². The van der Waals surface area contributed by atoms with Crippen molar-refractivity contribution >= 4 is 11.8 Å². The van der Waals surface area contributed by atoms with E-state index in [-0.39, 0.29) is 17.2 Å². The van der Waals surface area contributed by atoms with Crippen LogP contribution in [0, 0.1) is 0 Å². The van der Waals surface area contributed by atoms with E-state index in [0.717, 1.165) is 18.7 Å². The maximum Gasteiger partial charge on any atom is 0.360 e. The van der Waals surface area contributed by atoms with Gasteiger partial charge in [0.25, 0.3) is 0 Å². The van der Waals surface area contributed by atoms with Gasteiger partial charge >= 0.3 is 5.97 Å². The standard InChI is InChI=1S/C26H47N3O2/c1-3-4-5-6-7-8-9-10-11-12-13-14-15-16-17-18-19-20-25-28-21-22-29(25,24(2)27)23-26(30)31/h3,21-22,24H,1,4-20,23,27H2,2H3/p+1. The first-order chi connectivity index (χ1) is 15.0. The van der Waals surface area contributed by atoms with Gasteiger partial charge in [-0.25, -0.2) is 14.3 Å². The van der Waals surface area contributed by atoms with Crippen LogP contribution in [0.25, 0.3) is 0 Å². The van der Waals surface area contributed by atoms with Gasteiger partial charge in [-0.15, -0.1) is 6.58 Å². The second kappa shape index (κ2) is 17.1. The number of nitrogens with zero attached hydrogens (tertiary/aromatic N) is 2. The number of amidine groups is 1. The van der Waals surface area contributed by atoms with Gasteiger partial charge < -0.3 is 5.11 Å². The second-order valence-corrected chi connectivity index (χ2v) is 9.20. The van der Waals surface area contributed by atoms with Crippen molar-refractivity contribution in [2.75, 3.05) is 6.54 Å². The van der Waals surface area contributed by atoms with E-state index in [1.807, 2.05) is 19.2 Å². The average molecular weight is 435 g/mol. The first kappa shape index (κ1) is 27.6. The Hall–Kier alpha value is -1.46. The first-order valence-corrected chi connectivity index (χ1v) is 12.7. The maximum absolute atomic E-state index is 11.3.